The van der Waals surface area contributed by atoms with Crippen molar-refractivity contribution in [2.45, 2.75) is 6.04 Å². The van der Waals surface area contributed by atoms with Crippen LogP contribution in [0.4, 0.5) is 0 Å². The van der Waals surface area contributed by atoms with Gasteiger partial charge in [0, 0.05) is 24.0 Å². The lowest BCUT2D eigenvalue weighted by Crippen LogP contribution is -2.11. The number of rotatable bonds is 3. The van der Waals surface area contributed by atoms with Gasteiger partial charge in [-0.2, -0.15) is 0 Å². The van der Waals surface area contributed by atoms with Gasteiger partial charge in [0.25, 0.3) is 0 Å². The highest BCUT2D eigenvalue weighted by Crippen LogP contribution is 2.44. The van der Waals surface area contributed by atoms with Gasteiger partial charge in [-0.25, -0.2) is 4.98 Å². The van der Waals surface area contributed by atoms with E-state index in [1.54, 1.807) is 24.7 Å². The van der Waals surface area contributed by atoms with Crippen LogP contribution in [0.25, 0.3) is 0 Å². The molecule has 25 heavy (non-hydrogen) atoms. The van der Waals surface area contributed by atoms with Crippen LogP contribution < -0.4 is 18.9 Å². The van der Waals surface area contributed by atoms with E-state index < -0.39 is 0 Å². The van der Waals surface area contributed by atoms with Crippen LogP contribution in [-0.2, 0) is 0 Å². The standard InChI is InChI=1S/C18H14N2O5/c21-13-7-17-16(24-10-25-17)6-12(13)18(20-4-3-19-8-20)11-1-2-14-15(5-11)23-9-22-14/h1-8,18,21H,9-10H2/t18-/m1/s1. The number of ether oxygens (including phenoxy) is 4. The number of fused-ring (bicyclic) bond motifs is 2. The summed E-state index contributed by atoms with van der Waals surface area (Å²) >= 11 is 0. The number of imidazole rings is 1. The van der Waals surface area contributed by atoms with Crippen molar-refractivity contribution in [3.8, 4) is 28.7 Å². The van der Waals surface area contributed by atoms with Crippen molar-refractivity contribution in [1.29, 1.82) is 0 Å². The SMILES string of the molecule is Oc1cc2c(cc1[C@@H](c1ccc3c(c1)OCO3)n1ccnc1)OCO2. The number of phenolic OH excluding ortho intramolecular Hbond substituents is 1. The van der Waals surface area contributed by atoms with E-state index >= 15 is 0 Å². The van der Waals surface area contributed by atoms with Gasteiger partial charge in [0.1, 0.15) is 5.75 Å². The van der Waals surface area contributed by atoms with E-state index in [4.69, 9.17) is 18.9 Å². The summed E-state index contributed by atoms with van der Waals surface area (Å²) < 4.78 is 23.6. The van der Waals surface area contributed by atoms with E-state index in [2.05, 4.69) is 4.98 Å². The molecule has 0 fully saturated rings. The third kappa shape index (κ3) is 2.24. The zero-order chi connectivity index (χ0) is 16.8. The highest BCUT2D eigenvalue weighted by Gasteiger charge is 2.26. The summed E-state index contributed by atoms with van der Waals surface area (Å²) in [4.78, 5) is 4.14. The average Bonchev–Trinajstić information content (AvgIpc) is 3.36. The Labute approximate surface area is 143 Å². The van der Waals surface area contributed by atoms with Crippen LogP contribution in [0, 0.1) is 0 Å². The Hall–Kier alpha value is -3.35. The van der Waals surface area contributed by atoms with Crippen LogP contribution in [0.15, 0.2) is 49.1 Å². The second-order valence-corrected chi connectivity index (χ2v) is 5.79. The molecule has 2 aliphatic heterocycles. The zero-order valence-corrected chi connectivity index (χ0v) is 13.1. The zero-order valence-electron chi connectivity index (χ0n) is 13.1. The van der Waals surface area contributed by atoms with Gasteiger partial charge in [-0.05, 0) is 23.8 Å². The summed E-state index contributed by atoms with van der Waals surface area (Å²) in [7, 11) is 0. The van der Waals surface area contributed by atoms with Gasteiger partial charge in [0.05, 0.1) is 12.4 Å². The van der Waals surface area contributed by atoms with Crippen LogP contribution in [0.2, 0.25) is 0 Å². The molecular weight excluding hydrogens is 324 g/mol. The number of phenols is 1. The van der Waals surface area contributed by atoms with Crippen LogP contribution in [0.3, 0.4) is 0 Å². The fourth-order valence-electron chi connectivity index (χ4n) is 3.18. The number of hydrogen-bond donors (Lipinski definition) is 1. The van der Waals surface area contributed by atoms with Crippen LogP contribution >= 0.6 is 0 Å². The van der Waals surface area contributed by atoms with Gasteiger partial charge >= 0.3 is 0 Å². The molecule has 1 aromatic heterocycles. The van der Waals surface area contributed by atoms with Crippen LogP contribution in [0.5, 0.6) is 28.7 Å². The third-order valence-electron chi connectivity index (χ3n) is 4.35. The Morgan fingerprint density at radius 2 is 1.64 bits per heavy atom. The van der Waals surface area contributed by atoms with Gasteiger partial charge in [-0.3, -0.25) is 0 Å². The summed E-state index contributed by atoms with van der Waals surface area (Å²) in [5, 5.41) is 10.6. The second kappa shape index (κ2) is 5.34. The molecule has 3 aromatic rings. The highest BCUT2D eigenvalue weighted by atomic mass is 16.7. The predicted octanol–water partition coefficient (Wildman–Crippen LogP) is 2.68. The number of benzene rings is 2. The van der Waals surface area contributed by atoms with Crippen molar-refractivity contribution >= 4 is 0 Å². The van der Waals surface area contributed by atoms with Gasteiger partial charge in [-0.15, -0.1) is 0 Å². The topological polar surface area (TPSA) is 75.0 Å². The molecule has 7 heteroatoms. The lowest BCUT2D eigenvalue weighted by molar-refractivity contribution is 0.173. The first kappa shape index (κ1) is 14.0. The van der Waals surface area contributed by atoms with Gasteiger partial charge in [-0.1, -0.05) is 6.07 Å². The average molecular weight is 338 g/mol. The molecule has 1 atom stereocenters. The van der Waals surface area contributed by atoms with Crippen LogP contribution in [0.1, 0.15) is 17.2 Å². The fraction of sp³-hybridized carbons (Fsp3) is 0.167. The van der Waals surface area contributed by atoms with Crippen molar-refractivity contribution in [2.75, 3.05) is 13.6 Å². The maximum Gasteiger partial charge on any atom is 0.231 e. The highest BCUT2D eigenvalue weighted by molar-refractivity contribution is 5.55. The maximum absolute atomic E-state index is 10.6. The minimum atomic E-state index is -0.300. The maximum atomic E-state index is 10.6. The molecule has 0 saturated heterocycles. The van der Waals surface area contributed by atoms with Crippen LogP contribution in [-0.4, -0.2) is 28.2 Å². The van der Waals surface area contributed by atoms with E-state index in [-0.39, 0.29) is 25.4 Å². The Morgan fingerprint density at radius 3 is 2.40 bits per heavy atom. The molecule has 1 N–H and O–H groups in total. The first-order valence-corrected chi connectivity index (χ1v) is 7.79. The molecule has 0 unspecified atom stereocenters. The Morgan fingerprint density at radius 1 is 0.920 bits per heavy atom. The van der Waals surface area contributed by atoms with E-state index in [1.807, 2.05) is 29.0 Å². The molecule has 0 spiro atoms. The van der Waals surface area contributed by atoms with E-state index in [1.165, 1.54) is 0 Å². The normalized spacial score (nSPS) is 15.4. The summed E-state index contributed by atoms with van der Waals surface area (Å²) in [6.07, 6.45) is 5.25. The summed E-state index contributed by atoms with van der Waals surface area (Å²) in [6.45, 7) is 0.363. The minimum absolute atomic E-state index is 0.126. The molecule has 0 bridgehead atoms. The molecule has 0 amide bonds. The van der Waals surface area contributed by atoms with Crippen molar-refractivity contribution in [3.05, 3.63) is 60.2 Å². The summed E-state index contributed by atoms with van der Waals surface area (Å²) in [6, 6.07) is 8.80. The fourth-order valence-corrected chi connectivity index (χ4v) is 3.18. The van der Waals surface area contributed by atoms with E-state index in [0.717, 1.165) is 5.56 Å². The molecule has 0 saturated carbocycles. The molecule has 7 nitrogen and oxygen atoms in total. The quantitative estimate of drug-likeness (QED) is 0.791. The predicted molar refractivity (Wildman–Crippen MR) is 86.3 cm³/mol. The van der Waals surface area contributed by atoms with E-state index in [0.29, 0.717) is 28.6 Å². The number of aromatic hydroxyl groups is 1. The molecule has 5 rings (SSSR count). The molecular formula is C18H14N2O5. The first-order chi connectivity index (χ1) is 12.3. The Balaban J connectivity index is 1.67. The Bertz CT molecular complexity index is 939. The monoisotopic (exact) mass is 338 g/mol. The van der Waals surface area contributed by atoms with E-state index in [9.17, 15) is 5.11 Å². The Kier molecular flexibility index (Phi) is 3.00. The largest absolute Gasteiger partial charge is 0.507 e. The lowest BCUT2D eigenvalue weighted by Gasteiger charge is -2.21. The third-order valence-corrected chi connectivity index (χ3v) is 4.35. The summed E-state index contributed by atoms with van der Waals surface area (Å²) in [5.74, 6) is 2.67. The molecule has 2 aliphatic rings. The molecule has 3 heterocycles. The molecule has 126 valence electrons. The minimum Gasteiger partial charge on any atom is -0.507 e. The summed E-state index contributed by atoms with van der Waals surface area (Å²) in [5.41, 5.74) is 1.61. The van der Waals surface area contributed by atoms with Gasteiger partial charge < -0.3 is 28.6 Å². The van der Waals surface area contributed by atoms with Crippen molar-refractivity contribution in [1.82, 2.24) is 9.55 Å². The van der Waals surface area contributed by atoms with Crippen molar-refractivity contribution in [3.63, 3.8) is 0 Å². The molecule has 0 aliphatic carbocycles. The smallest absolute Gasteiger partial charge is 0.231 e. The lowest BCUT2D eigenvalue weighted by atomic mass is 9.96. The second-order valence-electron chi connectivity index (χ2n) is 5.79. The molecule has 0 radical (unpaired) electrons. The van der Waals surface area contributed by atoms with Gasteiger partial charge in [0.15, 0.2) is 23.0 Å². The van der Waals surface area contributed by atoms with Crippen molar-refractivity contribution in [2.24, 2.45) is 0 Å². The van der Waals surface area contributed by atoms with Gasteiger partial charge in [0.2, 0.25) is 13.6 Å². The number of nitrogens with zero attached hydrogens (tertiary/aromatic N) is 2. The molecule has 2 aromatic carbocycles. The van der Waals surface area contributed by atoms with Crippen molar-refractivity contribution < 1.29 is 24.1 Å². The number of aromatic nitrogens is 2. The number of hydrogen-bond acceptors (Lipinski definition) is 6. The first-order valence-electron chi connectivity index (χ1n) is 7.79.